The van der Waals surface area contributed by atoms with Gasteiger partial charge >= 0.3 is 0 Å². The van der Waals surface area contributed by atoms with E-state index < -0.39 is 6.43 Å². The number of halogens is 5. The van der Waals surface area contributed by atoms with Crippen LogP contribution in [0.15, 0.2) is 36.4 Å². The lowest BCUT2D eigenvalue weighted by atomic mass is 10.00. The fraction of sp³-hybridized carbons (Fsp3) is 0.0769. The maximum Gasteiger partial charge on any atom is 0.264 e. The highest BCUT2D eigenvalue weighted by atomic mass is 35.5. The molecule has 0 bridgehead atoms. The molecule has 0 fully saturated rings. The molecule has 2 aromatic rings. The summed E-state index contributed by atoms with van der Waals surface area (Å²) in [6.45, 7) is 0. The Labute approximate surface area is 118 Å². The highest BCUT2D eigenvalue weighted by molar-refractivity contribution is 6.35. The van der Waals surface area contributed by atoms with Gasteiger partial charge in [-0.2, -0.15) is 0 Å². The molecule has 0 amide bonds. The fourth-order valence-electron chi connectivity index (χ4n) is 1.66. The van der Waals surface area contributed by atoms with Gasteiger partial charge in [-0.25, -0.2) is 8.78 Å². The van der Waals surface area contributed by atoms with Crippen LogP contribution < -0.4 is 0 Å². The first-order valence-electron chi connectivity index (χ1n) is 5.02. The zero-order chi connectivity index (χ0) is 13.3. The monoisotopic (exact) mass is 306 g/mol. The van der Waals surface area contributed by atoms with E-state index in [0.29, 0.717) is 26.2 Å². The summed E-state index contributed by atoms with van der Waals surface area (Å²) in [5.41, 5.74) is 0.621. The molecule has 0 saturated heterocycles. The van der Waals surface area contributed by atoms with Crippen LogP contribution in [-0.4, -0.2) is 0 Å². The van der Waals surface area contributed by atoms with Crippen LogP contribution in [0, 0.1) is 0 Å². The topological polar surface area (TPSA) is 0 Å². The van der Waals surface area contributed by atoms with E-state index in [1.807, 2.05) is 0 Å². The van der Waals surface area contributed by atoms with Gasteiger partial charge in [-0.05, 0) is 35.9 Å². The Morgan fingerprint density at radius 1 is 0.778 bits per heavy atom. The zero-order valence-electron chi connectivity index (χ0n) is 8.93. The summed E-state index contributed by atoms with van der Waals surface area (Å²) < 4.78 is 25.9. The third-order valence-corrected chi connectivity index (χ3v) is 3.27. The molecule has 0 aromatic heterocycles. The van der Waals surface area contributed by atoms with E-state index in [1.54, 1.807) is 18.2 Å². The van der Waals surface area contributed by atoms with Gasteiger partial charge in [-0.15, -0.1) is 0 Å². The van der Waals surface area contributed by atoms with Gasteiger partial charge < -0.3 is 0 Å². The molecular weight excluding hydrogens is 300 g/mol. The van der Waals surface area contributed by atoms with Crippen molar-refractivity contribution in [1.29, 1.82) is 0 Å². The third-order valence-electron chi connectivity index (χ3n) is 2.47. The molecule has 0 atom stereocenters. The molecule has 0 spiro atoms. The van der Waals surface area contributed by atoms with Crippen LogP contribution in [0.25, 0.3) is 11.1 Å². The molecular formula is C13H7Cl3F2. The minimum Gasteiger partial charge on any atom is -0.205 e. The summed E-state index contributed by atoms with van der Waals surface area (Å²) in [6, 6.07) is 8.88. The van der Waals surface area contributed by atoms with E-state index in [1.165, 1.54) is 18.2 Å². The van der Waals surface area contributed by atoms with E-state index >= 15 is 0 Å². The molecule has 0 N–H and O–H groups in total. The molecule has 0 aliphatic rings. The van der Waals surface area contributed by atoms with Crippen molar-refractivity contribution in [2.75, 3.05) is 0 Å². The molecule has 18 heavy (non-hydrogen) atoms. The van der Waals surface area contributed by atoms with E-state index in [9.17, 15) is 8.78 Å². The Morgan fingerprint density at radius 2 is 1.33 bits per heavy atom. The maximum atomic E-state index is 13.0. The summed E-state index contributed by atoms with van der Waals surface area (Å²) >= 11 is 17.7. The molecule has 0 aliphatic heterocycles. The molecule has 0 unspecified atom stereocenters. The van der Waals surface area contributed by atoms with Gasteiger partial charge in [0.1, 0.15) is 0 Å². The predicted octanol–water partition coefficient (Wildman–Crippen LogP) is 6.25. The van der Waals surface area contributed by atoms with Crippen molar-refractivity contribution in [3.05, 3.63) is 57.0 Å². The number of hydrogen-bond acceptors (Lipinski definition) is 0. The van der Waals surface area contributed by atoms with Gasteiger partial charge in [0.15, 0.2) is 0 Å². The second kappa shape index (κ2) is 5.43. The summed E-state index contributed by atoms with van der Waals surface area (Å²) in [6.07, 6.45) is -2.60. The van der Waals surface area contributed by atoms with Crippen molar-refractivity contribution in [2.45, 2.75) is 6.43 Å². The van der Waals surface area contributed by atoms with Crippen molar-refractivity contribution in [2.24, 2.45) is 0 Å². The lowest BCUT2D eigenvalue weighted by molar-refractivity contribution is 0.152. The minimum absolute atomic E-state index is 0.122. The van der Waals surface area contributed by atoms with Gasteiger partial charge in [0.25, 0.3) is 6.43 Å². The molecule has 2 aromatic carbocycles. The van der Waals surface area contributed by atoms with E-state index in [-0.39, 0.29) is 5.56 Å². The Hall–Kier alpha value is -0.830. The Morgan fingerprint density at radius 3 is 1.94 bits per heavy atom. The average Bonchev–Trinajstić information content (AvgIpc) is 2.31. The first kappa shape index (κ1) is 13.6. The maximum absolute atomic E-state index is 13.0. The highest BCUT2D eigenvalue weighted by Crippen LogP contribution is 2.37. The van der Waals surface area contributed by atoms with Gasteiger partial charge in [-0.1, -0.05) is 40.9 Å². The SMILES string of the molecule is FC(F)c1ccc(Cl)cc1-c1cc(Cl)ccc1Cl. The normalized spacial score (nSPS) is 11.0. The second-order valence-electron chi connectivity index (χ2n) is 3.66. The quantitative estimate of drug-likeness (QED) is 0.615. The van der Waals surface area contributed by atoms with Crippen LogP contribution in [0.1, 0.15) is 12.0 Å². The highest BCUT2D eigenvalue weighted by Gasteiger charge is 2.16. The minimum atomic E-state index is -2.60. The van der Waals surface area contributed by atoms with Crippen LogP contribution in [0.5, 0.6) is 0 Å². The molecule has 0 aliphatic carbocycles. The van der Waals surface area contributed by atoms with Crippen molar-refractivity contribution in [1.82, 2.24) is 0 Å². The molecule has 0 saturated carbocycles. The Bertz CT molecular complexity index is 582. The second-order valence-corrected chi connectivity index (χ2v) is 4.94. The van der Waals surface area contributed by atoms with Crippen molar-refractivity contribution < 1.29 is 8.78 Å². The molecule has 5 heteroatoms. The summed E-state index contributed by atoms with van der Waals surface area (Å²) in [5.74, 6) is 0. The van der Waals surface area contributed by atoms with E-state index in [0.717, 1.165) is 0 Å². The van der Waals surface area contributed by atoms with Crippen molar-refractivity contribution in [3.8, 4) is 11.1 Å². The number of benzene rings is 2. The van der Waals surface area contributed by atoms with Crippen LogP contribution in [0.3, 0.4) is 0 Å². The van der Waals surface area contributed by atoms with Crippen molar-refractivity contribution >= 4 is 34.8 Å². The first-order chi connectivity index (χ1) is 8.49. The van der Waals surface area contributed by atoms with E-state index in [4.69, 9.17) is 34.8 Å². The Balaban J connectivity index is 2.69. The van der Waals surface area contributed by atoms with Gasteiger partial charge in [0.2, 0.25) is 0 Å². The molecule has 94 valence electrons. The van der Waals surface area contributed by atoms with Gasteiger partial charge in [0.05, 0.1) is 0 Å². The number of alkyl halides is 2. The third kappa shape index (κ3) is 2.77. The van der Waals surface area contributed by atoms with E-state index in [2.05, 4.69) is 0 Å². The lowest BCUT2D eigenvalue weighted by Crippen LogP contribution is -1.91. The molecule has 0 radical (unpaired) electrons. The zero-order valence-corrected chi connectivity index (χ0v) is 11.2. The number of hydrogen-bond donors (Lipinski definition) is 0. The first-order valence-corrected chi connectivity index (χ1v) is 6.15. The smallest absolute Gasteiger partial charge is 0.205 e. The van der Waals surface area contributed by atoms with Gasteiger partial charge in [0, 0.05) is 26.2 Å². The standard InChI is InChI=1S/C13H7Cl3F2/c14-7-1-3-9(13(17)18)10(5-7)11-6-8(15)2-4-12(11)16/h1-6,13H. The number of rotatable bonds is 2. The summed E-state index contributed by atoms with van der Waals surface area (Å²) in [5, 5.41) is 1.14. The van der Waals surface area contributed by atoms with Crippen LogP contribution in [0.2, 0.25) is 15.1 Å². The Kier molecular flexibility index (Phi) is 4.10. The predicted molar refractivity (Wildman–Crippen MR) is 71.9 cm³/mol. The fourth-order valence-corrected chi connectivity index (χ4v) is 2.22. The van der Waals surface area contributed by atoms with Crippen LogP contribution in [-0.2, 0) is 0 Å². The van der Waals surface area contributed by atoms with Crippen LogP contribution >= 0.6 is 34.8 Å². The average molecular weight is 308 g/mol. The lowest BCUT2D eigenvalue weighted by Gasteiger charge is -2.11. The summed E-state index contributed by atoms with van der Waals surface area (Å²) in [7, 11) is 0. The van der Waals surface area contributed by atoms with Gasteiger partial charge in [-0.3, -0.25) is 0 Å². The molecule has 0 heterocycles. The molecule has 2 rings (SSSR count). The summed E-state index contributed by atoms with van der Waals surface area (Å²) in [4.78, 5) is 0. The van der Waals surface area contributed by atoms with Crippen LogP contribution in [0.4, 0.5) is 8.78 Å². The largest absolute Gasteiger partial charge is 0.264 e. The molecule has 0 nitrogen and oxygen atoms in total. The van der Waals surface area contributed by atoms with Crippen molar-refractivity contribution in [3.63, 3.8) is 0 Å².